The molecule has 0 fully saturated rings. The second kappa shape index (κ2) is 29.8. The molecule has 0 unspecified atom stereocenters. The van der Waals surface area contributed by atoms with Crippen molar-refractivity contribution in [3.63, 3.8) is 0 Å². The summed E-state index contributed by atoms with van der Waals surface area (Å²) in [5, 5.41) is 4.86. The lowest BCUT2D eigenvalue weighted by molar-refractivity contribution is 0.660. The molecule has 25 rings (SSSR count). The summed E-state index contributed by atoms with van der Waals surface area (Å²) in [7, 11) is 0. The second-order valence-electron chi connectivity index (χ2n) is 33.8. The van der Waals surface area contributed by atoms with E-state index < -0.39 is 5.41 Å². The number of para-hydroxylation sites is 2. The first kappa shape index (κ1) is 73.6. The first-order valence-electron chi connectivity index (χ1n) is 43.4. The molecule has 0 N–H and O–H groups in total. The minimum absolute atomic E-state index is 0.110. The van der Waals surface area contributed by atoms with E-state index in [0.717, 1.165) is 89.7 Å². The van der Waals surface area contributed by atoms with Crippen LogP contribution in [0.15, 0.2) is 449 Å². The van der Waals surface area contributed by atoms with Gasteiger partial charge in [-0.05, 0) is 208 Å². The molecule has 0 amide bonds. The predicted octanol–water partition coefficient (Wildman–Crippen LogP) is 30.5. The minimum Gasteiger partial charge on any atom is -0.309 e. The second-order valence-corrected chi connectivity index (χ2v) is 33.8. The van der Waals surface area contributed by atoms with E-state index in [4.69, 9.17) is 19.9 Å². The smallest absolute Gasteiger partial charge is 0.160 e. The van der Waals surface area contributed by atoms with Crippen LogP contribution in [-0.4, -0.2) is 29.1 Å². The highest BCUT2D eigenvalue weighted by Crippen LogP contribution is 2.63. The van der Waals surface area contributed by atoms with Crippen LogP contribution in [0, 0.1) is 0 Å². The van der Waals surface area contributed by atoms with Gasteiger partial charge in [0.2, 0.25) is 0 Å². The van der Waals surface area contributed by atoms with Crippen LogP contribution < -0.4 is 0 Å². The number of hydrogen-bond donors (Lipinski definition) is 0. The summed E-state index contributed by atoms with van der Waals surface area (Å²) in [6, 6.07) is 162. The van der Waals surface area contributed by atoms with Crippen molar-refractivity contribution in [2.45, 2.75) is 24.7 Å². The maximum Gasteiger partial charge on any atom is 0.160 e. The molecule has 3 aliphatic carbocycles. The highest BCUT2D eigenvalue weighted by atomic mass is 15.0. The van der Waals surface area contributed by atoms with Gasteiger partial charge < -0.3 is 9.13 Å². The Kier molecular flexibility index (Phi) is 17.4. The fourth-order valence-electron chi connectivity index (χ4n) is 20.7. The maximum absolute atomic E-state index is 5.50. The number of nitrogens with zero attached hydrogens (tertiary/aromatic N) is 6. The van der Waals surface area contributed by atoms with Gasteiger partial charge in [-0.1, -0.05) is 366 Å². The van der Waals surface area contributed by atoms with Gasteiger partial charge in [-0.3, -0.25) is 0 Å². The van der Waals surface area contributed by atoms with Crippen LogP contribution in [0.4, 0.5) is 0 Å². The topological polar surface area (TPSA) is 61.4 Å². The Balaban J connectivity index is 0.000000143. The van der Waals surface area contributed by atoms with Crippen LogP contribution in [-0.2, 0) is 10.8 Å². The zero-order valence-corrected chi connectivity index (χ0v) is 69.4. The third kappa shape index (κ3) is 12.0. The number of hydrogen-bond acceptors (Lipinski definition) is 4. The third-order valence-corrected chi connectivity index (χ3v) is 26.5. The standard InChI is InChI=1S/C65H41N3.C55H39N3/c1-4-18-42(19-5-1)44-35-37-61-54(39-44)63-49(29-17-33-62(63)68(61)48-24-8-3-9-25-48)45-22-16-23-47(38-45)64-66-59(43-20-6-2-7-21-43)41-60(67-64)46-34-36-53-52-28-12-15-32-57(52)65(58(53)40-46)55-30-13-10-26-50(55)51-27-11-14-31-56(51)65;1-55(2)47-26-13-12-24-44(47)45-30-28-40(34-48(45)55)50-35-49(37-18-8-4-9-19-37)56-54(57-50)41-21-14-20-39(32-41)43-25-15-27-52-53(43)46-33-38(36-16-6-3-7-17-36)29-31-51(46)58(52)42-22-10-5-11-23-42/h1-41H;3-35H,1-2H3. The molecule has 0 bridgehead atoms. The molecule has 0 radical (unpaired) electrons. The lowest BCUT2D eigenvalue weighted by atomic mass is 9.70. The average molecular weight is 1610 g/mol. The third-order valence-electron chi connectivity index (χ3n) is 26.5. The summed E-state index contributed by atoms with van der Waals surface area (Å²) in [4.78, 5) is 21.5. The van der Waals surface area contributed by atoms with Gasteiger partial charge >= 0.3 is 0 Å². The normalized spacial score (nSPS) is 12.8. The number of rotatable bonds is 12. The van der Waals surface area contributed by atoms with Gasteiger partial charge in [0.1, 0.15) is 0 Å². The molecule has 0 saturated heterocycles. The van der Waals surface area contributed by atoms with Gasteiger partial charge in [0.25, 0.3) is 0 Å². The molecule has 590 valence electrons. The van der Waals surface area contributed by atoms with Crippen molar-refractivity contribution in [3.05, 3.63) is 482 Å². The van der Waals surface area contributed by atoms with Gasteiger partial charge in [0.15, 0.2) is 11.6 Å². The number of fused-ring (bicyclic) bond motifs is 19. The summed E-state index contributed by atoms with van der Waals surface area (Å²) >= 11 is 0. The molecule has 6 nitrogen and oxygen atoms in total. The summed E-state index contributed by atoms with van der Waals surface area (Å²) < 4.78 is 4.79. The molecule has 126 heavy (non-hydrogen) atoms. The molecule has 22 aromatic rings. The van der Waals surface area contributed by atoms with Crippen LogP contribution in [0.5, 0.6) is 0 Å². The quantitative estimate of drug-likeness (QED) is 0.122. The predicted molar refractivity (Wildman–Crippen MR) is 521 cm³/mol. The van der Waals surface area contributed by atoms with Gasteiger partial charge in [-0.25, -0.2) is 19.9 Å². The minimum atomic E-state index is -0.450. The van der Waals surface area contributed by atoms with Crippen LogP contribution >= 0.6 is 0 Å². The first-order valence-corrected chi connectivity index (χ1v) is 43.4. The van der Waals surface area contributed by atoms with E-state index >= 15 is 0 Å². The zero-order valence-electron chi connectivity index (χ0n) is 69.4. The van der Waals surface area contributed by atoms with Crippen molar-refractivity contribution in [1.29, 1.82) is 0 Å². The monoisotopic (exact) mass is 1600 g/mol. The molecule has 0 aliphatic heterocycles. The van der Waals surface area contributed by atoms with Crippen molar-refractivity contribution in [3.8, 4) is 157 Å². The van der Waals surface area contributed by atoms with Crippen LogP contribution in [0.25, 0.3) is 201 Å². The molecule has 0 saturated carbocycles. The van der Waals surface area contributed by atoms with Crippen LogP contribution in [0.3, 0.4) is 0 Å². The Morgan fingerprint density at radius 2 is 0.484 bits per heavy atom. The van der Waals surface area contributed by atoms with Crippen molar-refractivity contribution in [1.82, 2.24) is 29.1 Å². The molecule has 6 heteroatoms. The maximum atomic E-state index is 5.50. The number of benzene rings is 18. The molecule has 4 heterocycles. The Morgan fingerprint density at radius 1 is 0.183 bits per heavy atom. The molecule has 3 aliphatic rings. The van der Waals surface area contributed by atoms with Crippen molar-refractivity contribution < 1.29 is 0 Å². The lowest BCUT2D eigenvalue weighted by Crippen LogP contribution is -2.25. The Morgan fingerprint density at radius 3 is 0.905 bits per heavy atom. The molecular weight excluding hydrogens is 1530 g/mol. The van der Waals surface area contributed by atoms with Gasteiger partial charge in [0, 0.05) is 71.7 Å². The van der Waals surface area contributed by atoms with Crippen molar-refractivity contribution in [2.24, 2.45) is 0 Å². The Bertz CT molecular complexity index is 8020. The van der Waals surface area contributed by atoms with Crippen LogP contribution in [0.2, 0.25) is 0 Å². The van der Waals surface area contributed by atoms with Gasteiger partial charge in [0.05, 0.1) is 50.3 Å². The van der Waals surface area contributed by atoms with E-state index in [0.29, 0.717) is 11.6 Å². The van der Waals surface area contributed by atoms with Crippen LogP contribution in [0.1, 0.15) is 47.2 Å². The van der Waals surface area contributed by atoms with Crippen molar-refractivity contribution in [2.75, 3.05) is 0 Å². The fourth-order valence-corrected chi connectivity index (χ4v) is 20.7. The highest BCUT2D eigenvalue weighted by molar-refractivity contribution is 6.18. The average Bonchev–Trinajstić information content (AvgIpc) is 1.51. The van der Waals surface area contributed by atoms with Crippen molar-refractivity contribution >= 4 is 43.6 Å². The summed E-state index contributed by atoms with van der Waals surface area (Å²) in [5.74, 6) is 1.38. The van der Waals surface area contributed by atoms with E-state index in [1.54, 1.807) is 0 Å². The Labute approximate surface area is 731 Å². The molecule has 1 spiro atoms. The van der Waals surface area contributed by atoms with E-state index in [9.17, 15) is 0 Å². The molecular formula is C120H80N6. The first-order chi connectivity index (χ1) is 62.2. The fraction of sp³-hybridized carbons (Fsp3) is 0.0333. The van der Waals surface area contributed by atoms with Gasteiger partial charge in [-0.15, -0.1) is 0 Å². The zero-order chi connectivity index (χ0) is 83.6. The molecule has 4 aromatic heterocycles. The summed E-state index contributed by atoms with van der Waals surface area (Å²) in [6.07, 6.45) is 0. The molecule has 18 aromatic carbocycles. The van der Waals surface area contributed by atoms with Gasteiger partial charge in [-0.2, -0.15) is 0 Å². The highest BCUT2D eigenvalue weighted by Gasteiger charge is 2.52. The van der Waals surface area contributed by atoms with E-state index in [1.807, 2.05) is 0 Å². The number of aromatic nitrogens is 6. The van der Waals surface area contributed by atoms with E-state index in [-0.39, 0.29) is 5.41 Å². The largest absolute Gasteiger partial charge is 0.309 e. The Hall–Kier alpha value is -16.3. The van der Waals surface area contributed by atoms with E-state index in [2.05, 4.69) is 472 Å². The molecule has 0 atom stereocenters. The SMILES string of the molecule is CC1(C)c2ccccc2-c2ccc(-c3cc(-c4ccccc4)nc(-c4cccc(-c5cccc6c5c5cc(-c7ccccc7)ccc5n6-c5ccccc5)c4)n3)cc21.c1ccc(-c2ccc3c(c2)c2c(-c4cccc(-c5nc(-c6ccccc6)cc(-c6ccc7c(c6)C6(c8ccccc8-c8ccccc86)c6ccccc6-7)n5)c4)cccc2n3-c2ccccc2)cc1. The summed E-state index contributed by atoms with van der Waals surface area (Å²) in [5.41, 5.74) is 41.2. The summed E-state index contributed by atoms with van der Waals surface area (Å²) in [6.45, 7) is 4.65. The lowest BCUT2D eigenvalue weighted by Gasteiger charge is -2.30. The van der Waals surface area contributed by atoms with E-state index in [1.165, 1.54) is 133 Å².